The molecule has 5 rings (SSSR count). The van der Waals surface area contributed by atoms with Gasteiger partial charge in [-0.25, -0.2) is 9.97 Å². The minimum Gasteiger partial charge on any atom is -0.356 e. The number of benzene rings is 1. The zero-order chi connectivity index (χ0) is 23.7. The van der Waals surface area contributed by atoms with Gasteiger partial charge in [0.25, 0.3) is 0 Å². The number of nitrogens with zero attached hydrogens (tertiary/aromatic N) is 4. The SMILES string of the molecule is Cc1sc2ncnc(N3CCC(C(=O)NC(CN4CCCC4=O)c4ccccc4)CC3)c2c1C. The van der Waals surface area contributed by atoms with Gasteiger partial charge in [0.2, 0.25) is 11.8 Å². The molecule has 178 valence electrons. The quantitative estimate of drug-likeness (QED) is 0.581. The molecule has 4 heterocycles. The Bertz CT molecular complexity index is 1190. The van der Waals surface area contributed by atoms with Gasteiger partial charge in [0.05, 0.1) is 11.4 Å². The van der Waals surface area contributed by atoms with Crippen molar-refractivity contribution in [1.82, 2.24) is 20.2 Å². The highest BCUT2D eigenvalue weighted by atomic mass is 32.1. The molecule has 2 aliphatic rings. The van der Waals surface area contributed by atoms with Crippen LogP contribution in [0.25, 0.3) is 10.2 Å². The van der Waals surface area contributed by atoms with Crippen LogP contribution in [0.1, 0.15) is 47.7 Å². The Morgan fingerprint density at radius 3 is 2.62 bits per heavy atom. The van der Waals surface area contributed by atoms with E-state index in [-0.39, 0.29) is 23.8 Å². The molecule has 8 heteroatoms. The third-order valence-corrected chi connectivity index (χ3v) is 8.32. The fraction of sp³-hybridized carbons (Fsp3) is 0.462. The monoisotopic (exact) mass is 477 g/mol. The van der Waals surface area contributed by atoms with Crippen molar-refractivity contribution in [3.05, 3.63) is 52.7 Å². The molecular weight excluding hydrogens is 446 g/mol. The van der Waals surface area contributed by atoms with E-state index in [4.69, 9.17) is 0 Å². The van der Waals surface area contributed by atoms with Crippen molar-refractivity contribution in [2.75, 3.05) is 31.1 Å². The normalized spacial score (nSPS) is 18.0. The largest absolute Gasteiger partial charge is 0.356 e. The number of fused-ring (bicyclic) bond motifs is 1. The Kier molecular flexibility index (Phi) is 6.50. The summed E-state index contributed by atoms with van der Waals surface area (Å²) in [6.07, 6.45) is 4.71. The second-order valence-electron chi connectivity index (χ2n) is 9.34. The Labute approximate surface area is 204 Å². The zero-order valence-electron chi connectivity index (χ0n) is 19.8. The molecule has 0 saturated carbocycles. The second-order valence-corrected chi connectivity index (χ2v) is 10.5. The summed E-state index contributed by atoms with van der Waals surface area (Å²) in [7, 11) is 0. The molecule has 1 unspecified atom stereocenters. The summed E-state index contributed by atoms with van der Waals surface area (Å²) in [5.74, 6) is 1.20. The van der Waals surface area contributed by atoms with Gasteiger partial charge in [-0.2, -0.15) is 0 Å². The van der Waals surface area contributed by atoms with Gasteiger partial charge < -0.3 is 15.1 Å². The molecule has 2 amide bonds. The van der Waals surface area contributed by atoms with Crippen LogP contribution in [-0.4, -0.2) is 52.9 Å². The first kappa shape index (κ1) is 22.8. The molecule has 1 N–H and O–H groups in total. The maximum atomic E-state index is 13.3. The number of hydrogen-bond acceptors (Lipinski definition) is 6. The molecule has 1 atom stereocenters. The number of piperidine rings is 1. The number of aryl methyl sites for hydroxylation is 2. The standard InChI is InChI=1S/C26H31N5O2S/c1-17-18(2)34-26-23(17)24(27-16-28-26)30-13-10-20(11-14-30)25(33)29-21(19-7-4-3-5-8-19)15-31-12-6-9-22(31)32/h3-5,7-8,16,20-21H,6,9-15H2,1-2H3,(H,29,33). The molecule has 0 bridgehead atoms. The van der Waals surface area contributed by atoms with Gasteiger partial charge in [0.15, 0.2) is 0 Å². The van der Waals surface area contributed by atoms with Gasteiger partial charge in [-0.1, -0.05) is 30.3 Å². The molecule has 2 saturated heterocycles. The van der Waals surface area contributed by atoms with E-state index in [0.29, 0.717) is 13.0 Å². The van der Waals surface area contributed by atoms with E-state index >= 15 is 0 Å². The third kappa shape index (κ3) is 4.51. The van der Waals surface area contributed by atoms with Crippen molar-refractivity contribution in [3.8, 4) is 0 Å². The molecule has 0 radical (unpaired) electrons. The van der Waals surface area contributed by atoms with Crippen LogP contribution in [0.4, 0.5) is 5.82 Å². The number of carbonyl (C=O) groups excluding carboxylic acids is 2. The minimum absolute atomic E-state index is 0.0422. The number of rotatable bonds is 6. The first-order valence-corrected chi connectivity index (χ1v) is 12.9. The van der Waals surface area contributed by atoms with Crippen LogP contribution in [0, 0.1) is 19.8 Å². The molecule has 1 aromatic carbocycles. The molecule has 2 aromatic heterocycles. The Morgan fingerprint density at radius 1 is 1.15 bits per heavy atom. The van der Waals surface area contributed by atoms with Crippen LogP contribution in [-0.2, 0) is 9.59 Å². The summed E-state index contributed by atoms with van der Waals surface area (Å²) in [5.41, 5.74) is 2.29. The third-order valence-electron chi connectivity index (χ3n) is 7.20. The first-order chi connectivity index (χ1) is 16.5. The van der Waals surface area contributed by atoms with Crippen LogP contribution in [0.15, 0.2) is 36.7 Å². The molecular formula is C26H31N5O2S. The lowest BCUT2D eigenvalue weighted by Gasteiger charge is -2.34. The number of hydrogen-bond donors (Lipinski definition) is 1. The molecule has 2 fully saturated rings. The van der Waals surface area contributed by atoms with Crippen molar-refractivity contribution in [2.45, 2.75) is 45.6 Å². The summed E-state index contributed by atoms with van der Waals surface area (Å²) >= 11 is 1.71. The fourth-order valence-corrected chi connectivity index (χ4v) is 6.08. The van der Waals surface area contributed by atoms with Gasteiger partial charge in [-0.15, -0.1) is 11.3 Å². The van der Waals surface area contributed by atoms with Crippen molar-refractivity contribution < 1.29 is 9.59 Å². The minimum atomic E-state index is -0.188. The molecule has 0 spiro atoms. The number of anilines is 1. The Morgan fingerprint density at radius 2 is 1.91 bits per heavy atom. The number of amides is 2. The summed E-state index contributed by atoms with van der Waals surface area (Å²) in [5, 5.41) is 4.42. The van der Waals surface area contributed by atoms with E-state index in [1.54, 1.807) is 17.7 Å². The van der Waals surface area contributed by atoms with E-state index in [9.17, 15) is 9.59 Å². The Hall–Kier alpha value is -3.00. The number of thiophene rings is 1. The predicted molar refractivity (Wildman–Crippen MR) is 135 cm³/mol. The lowest BCUT2D eigenvalue weighted by atomic mass is 9.94. The number of aromatic nitrogens is 2. The number of likely N-dealkylation sites (tertiary alicyclic amines) is 1. The molecule has 0 aliphatic carbocycles. The summed E-state index contributed by atoms with van der Waals surface area (Å²) in [4.78, 5) is 41.1. The van der Waals surface area contributed by atoms with Crippen molar-refractivity contribution in [3.63, 3.8) is 0 Å². The number of carbonyl (C=O) groups is 2. The van der Waals surface area contributed by atoms with Crippen molar-refractivity contribution in [1.29, 1.82) is 0 Å². The predicted octanol–water partition coefficient (Wildman–Crippen LogP) is 4.00. The Balaban J connectivity index is 1.26. The van der Waals surface area contributed by atoms with Crippen LogP contribution < -0.4 is 10.2 Å². The van der Waals surface area contributed by atoms with Gasteiger partial charge in [0, 0.05) is 43.4 Å². The molecule has 34 heavy (non-hydrogen) atoms. The molecule has 3 aromatic rings. The van der Waals surface area contributed by atoms with Crippen LogP contribution in [0.2, 0.25) is 0 Å². The molecule has 2 aliphatic heterocycles. The smallest absolute Gasteiger partial charge is 0.223 e. The van der Waals surface area contributed by atoms with Gasteiger partial charge in [-0.05, 0) is 44.2 Å². The van der Waals surface area contributed by atoms with Gasteiger partial charge in [-0.3, -0.25) is 9.59 Å². The summed E-state index contributed by atoms with van der Waals surface area (Å²) in [6, 6.07) is 9.80. The van der Waals surface area contributed by atoms with Crippen LogP contribution in [0.3, 0.4) is 0 Å². The van der Waals surface area contributed by atoms with E-state index in [2.05, 4.69) is 34.0 Å². The highest BCUT2D eigenvalue weighted by molar-refractivity contribution is 7.18. The van der Waals surface area contributed by atoms with Crippen molar-refractivity contribution in [2.24, 2.45) is 5.92 Å². The maximum Gasteiger partial charge on any atom is 0.223 e. The van der Waals surface area contributed by atoms with Crippen LogP contribution in [0.5, 0.6) is 0 Å². The molecule has 7 nitrogen and oxygen atoms in total. The highest BCUT2D eigenvalue weighted by Gasteiger charge is 2.30. The van der Waals surface area contributed by atoms with E-state index in [1.165, 1.54) is 10.4 Å². The average molecular weight is 478 g/mol. The van der Waals surface area contributed by atoms with E-state index in [1.807, 2.05) is 35.2 Å². The zero-order valence-corrected chi connectivity index (χ0v) is 20.6. The lowest BCUT2D eigenvalue weighted by Crippen LogP contribution is -2.44. The second kappa shape index (κ2) is 9.70. The van der Waals surface area contributed by atoms with E-state index < -0.39 is 0 Å². The fourth-order valence-electron chi connectivity index (χ4n) is 5.08. The average Bonchev–Trinajstić information content (AvgIpc) is 3.40. The van der Waals surface area contributed by atoms with Gasteiger partial charge in [0.1, 0.15) is 17.0 Å². The maximum absolute atomic E-state index is 13.3. The van der Waals surface area contributed by atoms with Crippen molar-refractivity contribution >= 4 is 39.2 Å². The number of nitrogens with one attached hydrogen (secondary N) is 1. The van der Waals surface area contributed by atoms with Gasteiger partial charge >= 0.3 is 0 Å². The van der Waals surface area contributed by atoms with E-state index in [0.717, 1.165) is 60.5 Å². The topological polar surface area (TPSA) is 78.4 Å². The first-order valence-electron chi connectivity index (χ1n) is 12.1. The highest BCUT2D eigenvalue weighted by Crippen LogP contribution is 2.35. The lowest BCUT2D eigenvalue weighted by molar-refractivity contribution is -0.130. The van der Waals surface area contributed by atoms with Crippen LogP contribution >= 0.6 is 11.3 Å². The summed E-state index contributed by atoms with van der Waals surface area (Å²) in [6.45, 7) is 7.14. The summed E-state index contributed by atoms with van der Waals surface area (Å²) < 4.78 is 0.